The summed E-state index contributed by atoms with van der Waals surface area (Å²) in [5.41, 5.74) is 5.23. The summed E-state index contributed by atoms with van der Waals surface area (Å²) in [5.74, 6) is -0.430. The van der Waals surface area contributed by atoms with Gasteiger partial charge in [0.05, 0.1) is 0 Å². The van der Waals surface area contributed by atoms with Gasteiger partial charge in [0.2, 0.25) is 5.91 Å². The summed E-state index contributed by atoms with van der Waals surface area (Å²) in [4.78, 5) is 30.9. The van der Waals surface area contributed by atoms with E-state index >= 15 is 0 Å². The average molecular weight is 436 g/mol. The highest BCUT2D eigenvalue weighted by molar-refractivity contribution is 6.10. The molecule has 0 unspecified atom stereocenters. The molecule has 5 heteroatoms. The predicted molar refractivity (Wildman–Crippen MR) is 131 cm³/mol. The highest BCUT2D eigenvalue weighted by atomic mass is 16.2. The summed E-state index contributed by atoms with van der Waals surface area (Å²) in [7, 11) is 0. The van der Waals surface area contributed by atoms with Gasteiger partial charge in [0.1, 0.15) is 6.04 Å². The molecule has 2 atom stereocenters. The molecule has 2 heterocycles. The van der Waals surface area contributed by atoms with Crippen LogP contribution in [0.3, 0.4) is 0 Å². The number of rotatable bonds is 6. The number of H-pyrrole nitrogens is 1. The number of fused-ring (bicyclic) bond motifs is 2. The highest BCUT2D eigenvalue weighted by Gasteiger charge is 2.36. The minimum absolute atomic E-state index is 0.0341. The van der Waals surface area contributed by atoms with Crippen LogP contribution in [-0.4, -0.2) is 34.3 Å². The third kappa shape index (κ3) is 3.61. The van der Waals surface area contributed by atoms with Crippen LogP contribution in [0.25, 0.3) is 16.6 Å². The fraction of sp³-hybridized carbons (Fsp3) is 0.143. The van der Waals surface area contributed by atoms with E-state index in [0.29, 0.717) is 17.8 Å². The summed E-state index contributed by atoms with van der Waals surface area (Å²) in [6.07, 6.45) is 2.01. The van der Waals surface area contributed by atoms with E-state index in [-0.39, 0.29) is 17.7 Å². The van der Waals surface area contributed by atoms with Gasteiger partial charge in [-0.25, -0.2) is 0 Å². The maximum atomic E-state index is 13.2. The van der Waals surface area contributed by atoms with Gasteiger partial charge in [0.15, 0.2) is 0 Å². The van der Waals surface area contributed by atoms with Crippen molar-refractivity contribution in [1.82, 2.24) is 15.2 Å². The van der Waals surface area contributed by atoms with Crippen LogP contribution < -0.4 is 5.32 Å². The first kappa shape index (κ1) is 20.8. The number of aromatic amines is 1. The molecule has 164 valence electrons. The smallest absolute Gasteiger partial charge is 0.259 e. The fourth-order valence-corrected chi connectivity index (χ4v) is 4.66. The Morgan fingerprint density at radius 2 is 1.64 bits per heavy atom. The Kier molecular flexibility index (Phi) is 5.31. The van der Waals surface area contributed by atoms with Gasteiger partial charge in [0.25, 0.3) is 5.91 Å². The summed E-state index contributed by atoms with van der Waals surface area (Å²) in [5, 5.41) is 4.22. The largest absolute Gasteiger partial charge is 0.361 e. The van der Waals surface area contributed by atoms with Crippen molar-refractivity contribution in [2.75, 3.05) is 6.54 Å². The molecule has 0 saturated heterocycles. The molecule has 0 bridgehead atoms. The van der Waals surface area contributed by atoms with Crippen LogP contribution in [0.5, 0.6) is 0 Å². The number of aromatic nitrogens is 1. The topological polar surface area (TPSA) is 65.2 Å². The van der Waals surface area contributed by atoms with Crippen LogP contribution in [0.2, 0.25) is 0 Å². The molecule has 0 radical (unpaired) electrons. The fourth-order valence-electron chi connectivity index (χ4n) is 4.66. The molecule has 2 amide bonds. The van der Waals surface area contributed by atoms with Crippen molar-refractivity contribution in [2.45, 2.75) is 18.9 Å². The number of nitrogens with one attached hydrogen (secondary N) is 2. The molecule has 0 spiro atoms. The second-order valence-electron chi connectivity index (χ2n) is 8.34. The van der Waals surface area contributed by atoms with E-state index in [1.807, 2.05) is 60.8 Å². The van der Waals surface area contributed by atoms with Crippen molar-refractivity contribution in [3.05, 3.63) is 114 Å². The molecular weight excluding hydrogens is 410 g/mol. The molecular formula is C28H25N3O2. The van der Waals surface area contributed by atoms with Crippen molar-refractivity contribution >= 4 is 28.4 Å². The molecule has 2 N–H and O–H groups in total. The Morgan fingerprint density at radius 1 is 0.970 bits per heavy atom. The lowest BCUT2D eigenvalue weighted by molar-refractivity contribution is -0.124. The normalized spacial score (nSPS) is 14.9. The number of nitrogens with zero attached hydrogens (tertiary/aromatic N) is 1. The van der Waals surface area contributed by atoms with Gasteiger partial charge < -0.3 is 10.3 Å². The van der Waals surface area contributed by atoms with Crippen molar-refractivity contribution in [3.63, 3.8) is 0 Å². The van der Waals surface area contributed by atoms with E-state index in [9.17, 15) is 9.59 Å². The molecule has 0 fully saturated rings. The van der Waals surface area contributed by atoms with Gasteiger partial charge in [-0.05, 0) is 30.2 Å². The number of hydrogen-bond donors (Lipinski definition) is 2. The molecule has 3 aromatic carbocycles. The molecule has 0 aliphatic carbocycles. The van der Waals surface area contributed by atoms with E-state index in [1.165, 1.54) is 4.90 Å². The van der Waals surface area contributed by atoms with Gasteiger partial charge in [-0.1, -0.05) is 73.3 Å². The highest BCUT2D eigenvalue weighted by Crippen LogP contribution is 2.33. The lowest BCUT2D eigenvalue weighted by Crippen LogP contribution is -2.45. The zero-order valence-corrected chi connectivity index (χ0v) is 18.4. The third-order valence-electron chi connectivity index (χ3n) is 6.42. The Bertz CT molecular complexity index is 1320. The van der Waals surface area contributed by atoms with Crippen molar-refractivity contribution in [3.8, 4) is 0 Å². The molecule has 5 nitrogen and oxygen atoms in total. The number of hydrogen-bond acceptors (Lipinski definition) is 2. The maximum absolute atomic E-state index is 13.2. The molecule has 1 aliphatic rings. The van der Waals surface area contributed by atoms with Crippen molar-refractivity contribution in [2.24, 2.45) is 0 Å². The van der Waals surface area contributed by atoms with E-state index in [2.05, 4.69) is 35.1 Å². The second kappa shape index (κ2) is 8.43. The molecule has 1 aromatic heterocycles. The van der Waals surface area contributed by atoms with E-state index in [0.717, 1.165) is 27.6 Å². The number of amides is 2. The quantitative estimate of drug-likeness (QED) is 0.451. The van der Waals surface area contributed by atoms with E-state index in [4.69, 9.17) is 0 Å². The lowest BCUT2D eigenvalue weighted by Gasteiger charge is -2.26. The van der Waals surface area contributed by atoms with Crippen LogP contribution in [-0.2, 0) is 4.79 Å². The lowest BCUT2D eigenvalue weighted by atomic mass is 9.91. The standard InChI is InChI=1S/C28H25N3O2/c1-18-21-12-6-7-14-23(21)28(33)31(18)19(2)27(32)30-16-24(20-10-4-3-5-11-20)25-17-29-26-15-9-8-13-22(25)26/h3-15,17,19,24,29H,1,16H2,2H3,(H,30,32)/t19-,24+/m0/s1. The SMILES string of the molecule is C=C1c2ccccc2C(=O)N1[C@@H](C)C(=O)NC[C@H](c1ccccc1)c1c[nH]c2ccccc12. The third-order valence-corrected chi connectivity index (χ3v) is 6.42. The van der Waals surface area contributed by atoms with Gasteiger partial charge >= 0.3 is 0 Å². The molecule has 33 heavy (non-hydrogen) atoms. The number of carbonyl (C=O) groups excluding carboxylic acids is 2. The summed E-state index contributed by atoms with van der Waals surface area (Å²) < 4.78 is 0. The number of carbonyl (C=O) groups is 2. The Hall–Kier alpha value is -4.12. The second-order valence-corrected chi connectivity index (χ2v) is 8.34. The Morgan fingerprint density at radius 3 is 2.39 bits per heavy atom. The van der Waals surface area contributed by atoms with E-state index in [1.54, 1.807) is 13.0 Å². The van der Waals surface area contributed by atoms with Crippen molar-refractivity contribution < 1.29 is 9.59 Å². The van der Waals surface area contributed by atoms with Crippen LogP contribution in [0.15, 0.2) is 91.6 Å². The summed E-state index contributed by atoms with van der Waals surface area (Å²) in [6.45, 7) is 6.23. The van der Waals surface area contributed by atoms with Gasteiger partial charge in [0, 0.05) is 46.4 Å². The van der Waals surface area contributed by atoms with Gasteiger partial charge in [-0.3, -0.25) is 14.5 Å². The van der Waals surface area contributed by atoms with Crippen LogP contribution >= 0.6 is 0 Å². The first-order chi connectivity index (χ1) is 16.1. The average Bonchev–Trinajstić information content (AvgIpc) is 3.39. The first-order valence-corrected chi connectivity index (χ1v) is 11.1. The molecule has 1 aliphatic heterocycles. The maximum Gasteiger partial charge on any atom is 0.259 e. The summed E-state index contributed by atoms with van der Waals surface area (Å²) >= 11 is 0. The monoisotopic (exact) mass is 435 g/mol. The van der Waals surface area contributed by atoms with Gasteiger partial charge in [-0.15, -0.1) is 0 Å². The Labute approximate surface area is 192 Å². The zero-order chi connectivity index (χ0) is 22.9. The van der Waals surface area contributed by atoms with Gasteiger partial charge in [-0.2, -0.15) is 0 Å². The number of para-hydroxylation sites is 1. The first-order valence-electron chi connectivity index (χ1n) is 11.1. The Balaban J connectivity index is 1.38. The zero-order valence-electron chi connectivity index (χ0n) is 18.4. The van der Waals surface area contributed by atoms with Crippen LogP contribution in [0.4, 0.5) is 0 Å². The summed E-state index contributed by atoms with van der Waals surface area (Å²) in [6, 6.07) is 25.0. The number of benzene rings is 3. The molecule has 4 aromatic rings. The minimum Gasteiger partial charge on any atom is -0.361 e. The minimum atomic E-state index is -0.670. The van der Waals surface area contributed by atoms with Crippen LogP contribution in [0, 0.1) is 0 Å². The van der Waals surface area contributed by atoms with E-state index < -0.39 is 6.04 Å². The molecule has 0 saturated carbocycles. The molecule has 5 rings (SSSR count). The van der Waals surface area contributed by atoms with Crippen LogP contribution in [0.1, 0.15) is 39.9 Å². The van der Waals surface area contributed by atoms with Crippen molar-refractivity contribution in [1.29, 1.82) is 0 Å². The predicted octanol–water partition coefficient (Wildman–Crippen LogP) is 4.93.